The van der Waals surface area contributed by atoms with Crippen LogP contribution in [-0.4, -0.2) is 12.6 Å². The number of hydrogen-bond acceptors (Lipinski definition) is 2. The zero-order valence-electron chi connectivity index (χ0n) is 10.2. The lowest BCUT2D eigenvalue weighted by molar-refractivity contribution is 0.0665. The van der Waals surface area contributed by atoms with Gasteiger partial charge in [0, 0.05) is 18.0 Å². The van der Waals surface area contributed by atoms with E-state index in [-0.39, 0.29) is 5.60 Å². The highest BCUT2D eigenvalue weighted by Gasteiger charge is 2.34. The van der Waals surface area contributed by atoms with Gasteiger partial charge in [-0.1, -0.05) is 6.07 Å². The Morgan fingerprint density at radius 1 is 1.44 bits per heavy atom. The van der Waals surface area contributed by atoms with Crippen LogP contribution >= 0.6 is 15.9 Å². The van der Waals surface area contributed by atoms with E-state index in [0.717, 1.165) is 16.6 Å². The summed E-state index contributed by atoms with van der Waals surface area (Å²) in [5.41, 5.74) is 2.40. The number of ether oxygens (including phenoxy) is 1. The minimum Gasteiger partial charge on any atom is -0.486 e. The molecule has 2 rings (SSSR count). The molecule has 0 radical (unpaired) electrons. The van der Waals surface area contributed by atoms with Crippen LogP contribution in [0.4, 0.5) is 0 Å². The zero-order valence-corrected chi connectivity index (χ0v) is 11.8. The molecule has 1 N–H and O–H groups in total. The van der Waals surface area contributed by atoms with Gasteiger partial charge in [-0.3, -0.25) is 0 Å². The first-order valence-corrected chi connectivity index (χ1v) is 6.38. The molecule has 0 saturated heterocycles. The molecule has 0 spiro atoms. The lowest BCUT2D eigenvalue weighted by Gasteiger charge is -2.38. The molecule has 1 atom stereocenters. The summed E-state index contributed by atoms with van der Waals surface area (Å²) in [5.74, 6) is 0.987. The van der Waals surface area contributed by atoms with Gasteiger partial charge in [0.05, 0.1) is 4.47 Å². The van der Waals surface area contributed by atoms with E-state index in [1.807, 2.05) is 7.05 Å². The van der Waals surface area contributed by atoms with Gasteiger partial charge in [0.25, 0.3) is 0 Å². The van der Waals surface area contributed by atoms with Gasteiger partial charge in [-0.25, -0.2) is 0 Å². The van der Waals surface area contributed by atoms with Crippen LogP contribution in [0.1, 0.15) is 37.4 Å². The molecule has 88 valence electrons. The minimum absolute atomic E-state index is 0.113. The quantitative estimate of drug-likeness (QED) is 0.851. The third kappa shape index (κ3) is 2.11. The number of halogens is 1. The standard InChI is InChI=1S/C13H18BrNO/c1-8-5-9-11(15-4)7-13(2,3)16-12(9)10(14)6-8/h5-6,11,15H,7H2,1-4H3. The Morgan fingerprint density at radius 2 is 2.12 bits per heavy atom. The Bertz CT molecular complexity index is 415. The van der Waals surface area contributed by atoms with Crippen molar-refractivity contribution in [3.63, 3.8) is 0 Å². The second-order valence-corrected chi connectivity index (χ2v) is 5.93. The SMILES string of the molecule is CNC1CC(C)(C)Oc2c(Br)cc(C)cc21. The van der Waals surface area contributed by atoms with Crippen LogP contribution < -0.4 is 10.1 Å². The number of benzene rings is 1. The van der Waals surface area contributed by atoms with Gasteiger partial charge in [-0.05, 0) is 55.4 Å². The fourth-order valence-electron chi connectivity index (χ4n) is 2.30. The van der Waals surface area contributed by atoms with Crippen LogP contribution in [0.25, 0.3) is 0 Å². The van der Waals surface area contributed by atoms with Crippen molar-refractivity contribution in [2.45, 2.75) is 38.8 Å². The van der Waals surface area contributed by atoms with Crippen molar-refractivity contribution in [2.24, 2.45) is 0 Å². The van der Waals surface area contributed by atoms with Crippen molar-refractivity contribution in [3.8, 4) is 5.75 Å². The molecule has 1 heterocycles. The number of hydrogen-bond donors (Lipinski definition) is 1. The van der Waals surface area contributed by atoms with E-state index in [1.165, 1.54) is 11.1 Å². The Kier molecular flexibility index (Phi) is 3.01. The first-order valence-electron chi connectivity index (χ1n) is 5.59. The van der Waals surface area contributed by atoms with Crippen molar-refractivity contribution in [3.05, 3.63) is 27.7 Å². The van der Waals surface area contributed by atoms with E-state index >= 15 is 0 Å². The van der Waals surface area contributed by atoms with E-state index in [4.69, 9.17) is 4.74 Å². The summed E-state index contributed by atoms with van der Waals surface area (Å²) in [5, 5.41) is 3.37. The predicted octanol–water partition coefficient (Wildman–Crippen LogP) is 3.58. The maximum Gasteiger partial charge on any atom is 0.139 e. The molecule has 1 aromatic rings. The van der Waals surface area contributed by atoms with E-state index in [2.05, 4.69) is 54.2 Å². The van der Waals surface area contributed by atoms with Gasteiger partial charge in [0.15, 0.2) is 0 Å². The smallest absolute Gasteiger partial charge is 0.139 e. The number of aryl methyl sites for hydroxylation is 1. The van der Waals surface area contributed by atoms with Crippen LogP contribution in [-0.2, 0) is 0 Å². The minimum atomic E-state index is -0.113. The predicted molar refractivity (Wildman–Crippen MR) is 70.0 cm³/mol. The number of nitrogens with one attached hydrogen (secondary N) is 1. The average Bonchev–Trinajstić information content (AvgIpc) is 2.18. The first-order chi connectivity index (χ1) is 7.43. The van der Waals surface area contributed by atoms with Crippen LogP contribution in [0.15, 0.2) is 16.6 Å². The van der Waals surface area contributed by atoms with Crippen molar-refractivity contribution in [1.82, 2.24) is 5.32 Å². The monoisotopic (exact) mass is 283 g/mol. The highest BCUT2D eigenvalue weighted by atomic mass is 79.9. The highest BCUT2D eigenvalue weighted by molar-refractivity contribution is 9.10. The molecule has 0 saturated carbocycles. The molecular formula is C13H18BrNO. The summed E-state index contributed by atoms with van der Waals surface area (Å²) < 4.78 is 7.10. The van der Waals surface area contributed by atoms with Crippen LogP contribution in [0.3, 0.4) is 0 Å². The largest absolute Gasteiger partial charge is 0.486 e. The summed E-state index contributed by atoms with van der Waals surface area (Å²) in [6.07, 6.45) is 0.992. The van der Waals surface area contributed by atoms with E-state index in [0.29, 0.717) is 6.04 Å². The Labute approximate surface area is 106 Å². The van der Waals surface area contributed by atoms with Crippen LogP contribution in [0.5, 0.6) is 5.75 Å². The van der Waals surface area contributed by atoms with Gasteiger partial charge >= 0.3 is 0 Å². The topological polar surface area (TPSA) is 21.3 Å². The molecule has 16 heavy (non-hydrogen) atoms. The second kappa shape index (κ2) is 4.04. The molecule has 1 unspecified atom stereocenters. The Balaban J connectivity index is 2.54. The van der Waals surface area contributed by atoms with Gasteiger partial charge in [0.1, 0.15) is 11.4 Å². The molecule has 0 bridgehead atoms. The molecule has 1 aliphatic heterocycles. The van der Waals surface area contributed by atoms with Gasteiger partial charge < -0.3 is 10.1 Å². The Hall–Kier alpha value is -0.540. The lowest BCUT2D eigenvalue weighted by Crippen LogP contribution is -2.38. The van der Waals surface area contributed by atoms with Crippen LogP contribution in [0.2, 0.25) is 0 Å². The van der Waals surface area contributed by atoms with E-state index < -0.39 is 0 Å². The zero-order chi connectivity index (χ0) is 11.9. The van der Waals surface area contributed by atoms with E-state index in [9.17, 15) is 0 Å². The molecule has 0 aromatic heterocycles. The molecular weight excluding hydrogens is 266 g/mol. The number of fused-ring (bicyclic) bond motifs is 1. The van der Waals surface area contributed by atoms with E-state index in [1.54, 1.807) is 0 Å². The van der Waals surface area contributed by atoms with Gasteiger partial charge in [0.2, 0.25) is 0 Å². The molecule has 0 aliphatic carbocycles. The van der Waals surface area contributed by atoms with Gasteiger partial charge in [-0.2, -0.15) is 0 Å². The van der Waals surface area contributed by atoms with Crippen molar-refractivity contribution in [2.75, 3.05) is 7.05 Å². The maximum absolute atomic E-state index is 6.05. The fourth-order valence-corrected chi connectivity index (χ4v) is 2.97. The highest BCUT2D eigenvalue weighted by Crippen LogP contribution is 2.43. The molecule has 0 amide bonds. The van der Waals surface area contributed by atoms with Crippen molar-refractivity contribution >= 4 is 15.9 Å². The second-order valence-electron chi connectivity index (χ2n) is 5.07. The normalized spacial score (nSPS) is 22.4. The summed E-state index contributed by atoms with van der Waals surface area (Å²) in [6.45, 7) is 6.37. The third-order valence-electron chi connectivity index (χ3n) is 3.01. The van der Waals surface area contributed by atoms with Gasteiger partial charge in [-0.15, -0.1) is 0 Å². The molecule has 1 aliphatic rings. The summed E-state index contributed by atoms with van der Waals surface area (Å²) >= 11 is 3.59. The average molecular weight is 284 g/mol. The van der Waals surface area contributed by atoms with Crippen LogP contribution in [0, 0.1) is 6.92 Å². The third-order valence-corrected chi connectivity index (χ3v) is 3.60. The molecule has 2 nitrogen and oxygen atoms in total. The lowest BCUT2D eigenvalue weighted by atomic mass is 9.89. The Morgan fingerprint density at radius 3 is 2.75 bits per heavy atom. The molecule has 3 heteroatoms. The summed E-state index contributed by atoms with van der Waals surface area (Å²) in [4.78, 5) is 0. The summed E-state index contributed by atoms with van der Waals surface area (Å²) in [7, 11) is 2.01. The maximum atomic E-state index is 6.05. The van der Waals surface area contributed by atoms with Crippen molar-refractivity contribution in [1.29, 1.82) is 0 Å². The molecule has 0 fully saturated rings. The summed E-state index contributed by atoms with van der Waals surface area (Å²) in [6, 6.07) is 4.68. The first kappa shape index (κ1) is 11.9. The van der Waals surface area contributed by atoms with Crippen molar-refractivity contribution < 1.29 is 4.74 Å². The fraction of sp³-hybridized carbons (Fsp3) is 0.538. The molecule has 1 aromatic carbocycles. The number of rotatable bonds is 1.